The van der Waals surface area contributed by atoms with Crippen LogP contribution in [0.25, 0.3) is 0 Å². The van der Waals surface area contributed by atoms with Crippen LogP contribution in [0.2, 0.25) is 0 Å². The van der Waals surface area contributed by atoms with Crippen LogP contribution in [0.5, 0.6) is 0 Å². The number of halogens is 2. The molecule has 26 heavy (non-hydrogen) atoms. The van der Waals surface area contributed by atoms with Crippen molar-refractivity contribution >= 4 is 11.6 Å². The van der Waals surface area contributed by atoms with Crippen molar-refractivity contribution in [3.05, 3.63) is 75.3 Å². The number of hydrazine groups is 1. The van der Waals surface area contributed by atoms with Gasteiger partial charge < -0.3 is 5.32 Å². The molecular formula is C17H16F2N4O3. The molecule has 0 spiro atoms. The number of carbonyl (C=O) groups excluding carboxylic acids is 1. The largest absolute Gasteiger partial charge is 0.352 e. The van der Waals surface area contributed by atoms with Crippen molar-refractivity contribution in [2.75, 3.05) is 6.54 Å². The summed E-state index contributed by atoms with van der Waals surface area (Å²) in [5.41, 5.74) is 6.72. The van der Waals surface area contributed by atoms with Gasteiger partial charge in [-0.05, 0) is 11.6 Å². The number of non-ortho nitro benzene ring substituents is 1. The van der Waals surface area contributed by atoms with Crippen molar-refractivity contribution in [3.63, 3.8) is 0 Å². The van der Waals surface area contributed by atoms with Crippen molar-refractivity contribution in [1.29, 1.82) is 0 Å². The molecule has 0 saturated carbocycles. The van der Waals surface area contributed by atoms with E-state index in [1.165, 1.54) is 18.2 Å². The topological polar surface area (TPSA) is 96.3 Å². The molecule has 2 atom stereocenters. The number of benzene rings is 2. The molecule has 1 heterocycles. The van der Waals surface area contributed by atoms with Crippen LogP contribution in [0.15, 0.2) is 42.5 Å². The third-order valence-corrected chi connectivity index (χ3v) is 4.25. The first-order chi connectivity index (χ1) is 12.5. The number of rotatable bonds is 5. The average Bonchev–Trinajstić information content (AvgIpc) is 3.10. The molecule has 1 fully saturated rings. The zero-order valence-electron chi connectivity index (χ0n) is 13.5. The zero-order chi connectivity index (χ0) is 18.7. The maximum atomic E-state index is 13.7. The maximum absolute atomic E-state index is 13.7. The Morgan fingerprint density at radius 2 is 1.96 bits per heavy atom. The highest BCUT2D eigenvalue weighted by molar-refractivity contribution is 5.80. The van der Waals surface area contributed by atoms with E-state index in [9.17, 15) is 23.7 Å². The van der Waals surface area contributed by atoms with E-state index < -0.39 is 22.5 Å². The molecule has 136 valence electrons. The van der Waals surface area contributed by atoms with E-state index in [2.05, 4.69) is 16.2 Å². The standard InChI is InChI=1S/C17H16F2N4O3/c18-12-4-1-11(15(19)7-12)8-20-17(24)14-9-21-22-16(14)10-2-5-13(6-3-10)23(25)26/h1-7,14,16,21-22H,8-9H2,(H,20,24). The molecule has 1 aliphatic heterocycles. The van der Waals surface area contributed by atoms with Crippen molar-refractivity contribution in [1.82, 2.24) is 16.2 Å². The quantitative estimate of drug-likeness (QED) is 0.558. The summed E-state index contributed by atoms with van der Waals surface area (Å²) in [4.78, 5) is 22.7. The predicted molar refractivity (Wildman–Crippen MR) is 88.7 cm³/mol. The smallest absolute Gasteiger partial charge is 0.269 e. The van der Waals surface area contributed by atoms with Crippen molar-refractivity contribution in [2.24, 2.45) is 5.92 Å². The first-order valence-electron chi connectivity index (χ1n) is 7.90. The van der Waals surface area contributed by atoms with Crippen LogP contribution in [-0.4, -0.2) is 17.4 Å². The van der Waals surface area contributed by atoms with E-state index in [-0.39, 0.29) is 29.7 Å². The molecule has 2 aromatic rings. The van der Waals surface area contributed by atoms with Gasteiger partial charge in [-0.1, -0.05) is 18.2 Å². The highest BCUT2D eigenvalue weighted by Crippen LogP contribution is 2.26. The summed E-state index contributed by atoms with van der Waals surface area (Å²) >= 11 is 0. The molecule has 1 amide bonds. The third kappa shape index (κ3) is 3.84. The van der Waals surface area contributed by atoms with Gasteiger partial charge >= 0.3 is 0 Å². The Morgan fingerprint density at radius 1 is 1.23 bits per heavy atom. The van der Waals surface area contributed by atoms with E-state index in [4.69, 9.17) is 0 Å². The van der Waals surface area contributed by atoms with Gasteiger partial charge in [0.15, 0.2) is 0 Å². The van der Waals surface area contributed by atoms with Gasteiger partial charge in [-0.3, -0.25) is 20.3 Å². The number of nitro benzene ring substituents is 1. The monoisotopic (exact) mass is 362 g/mol. The summed E-state index contributed by atoms with van der Waals surface area (Å²) in [6.07, 6.45) is 0. The number of amides is 1. The van der Waals surface area contributed by atoms with Gasteiger partial charge in [0.05, 0.1) is 16.9 Å². The van der Waals surface area contributed by atoms with Crippen molar-refractivity contribution in [2.45, 2.75) is 12.6 Å². The van der Waals surface area contributed by atoms with E-state index in [0.29, 0.717) is 12.1 Å². The van der Waals surface area contributed by atoms with Gasteiger partial charge in [-0.25, -0.2) is 14.2 Å². The minimum Gasteiger partial charge on any atom is -0.352 e. The molecule has 0 bridgehead atoms. The van der Waals surface area contributed by atoms with Crippen LogP contribution in [0, 0.1) is 27.7 Å². The van der Waals surface area contributed by atoms with Crippen LogP contribution < -0.4 is 16.2 Å². The molecule has 1 saturated heterocycles. The normalized spacial score (nSPS) is 19.3. The fourth-order valence-corrected chi connectivity index (χ4v) is 2.84. The number of hydrogen-bond donors (Lipinski definition) is 3. The van der Waals surface area contributed by atoms with E-state index in [1.807, 2.05) is 0 Å². The molecule has 0 aromatic heterocycles. The lowest BCUT2D eigenvalue weighted by molar-refractivity contribution is -0.384. The molecule has 1 aliphatic rings. The summed E-state index contributed by atoms with van der Waals surface area (Å²) in [6, 6.07) is 8.71. The Bertz CT molecular complexity index is 829. The molecular weight excluding hydrogens is 346 g/mol. The van der Waals surface area contributed by atoms with Gasteiger partial charge in [0, 0.05) is 36.9 Å². The Balaban J connectivity index is 1.67. The fourth-order valence-electron chi connectivity index (χ4n) is 2.84. The second-order valence-electron chi connectivity index (χ2n) is 5.91. The zero-order valence-corrected chi connectivity index (χ0v) is 13.5. The fraction of sp³-hybridized carbons (Fsp3) is 0.235. The number of nitrogens with one attached hydrogen (secondary N) is 3. The predicted octanol–water partition coefficient (Wildman–Crippen LogP) is 1.95. The second-order valence-corrected chi connectivity index (χ2v) is 5.91. The minimum atomic E-state index is -0.722. The minimum absolute atomic E-state index is 0.0347. The first-order valence-corrected chi connectivity index (χ1v) is 7.90. The summed E-state index contributed by atoms with van der Waals surface area (Å²) in [5.74, 6) is -2.20. The molecule has 3 rings (SSSR count). The summed E-state index contributed by atoms with van der Waals surface area (Å²) in [7, 11) is 0. The highest BCUT2D eigenvalue weighted by Gasteiger charge is 2.34. The number of nitrogens with zero attached hydrogens (tertiary/aromatic N) is 1. The summed E-state index contributed by atoms with van der Waals surface area (Å²) < 4.78 is 26.6. The van der Waals surface area contributed by atoms with Crippen LogP contribution in [0.3, 0.4) is 0 Å². The molecule has 3 N–H and O–H groups in total. The molecule has 9 heteroatoms. The van der Waals surface area contributed by atoms with Crippen molar-refractivity contribution in [3.8, 4) is 0 Å². The Hall–Kier alpha value is -2.91. The van der Waals surface area contributed by atoms with Crippen LogP contribution in [-0.2, 0) is 11.3 Å². The summed E-state index contributed by atoms with van der Waals surface area (Å²) in [6.45, 7) is 0.286. The molecule has 2 unspecified atom stereocenters. The van der Waals surface area contributed by atoms with Gasteiger partial charge in [-0.2, -0.15) is 0 Å². The number of carbonyl (C=O) groups is 1. The van der Waals surface area contributed by atoms with E-state index in [0.717, 1.165) is 12.1 Å². The van der Waals surface area contributed by atoms with Crippen LogP contribution in [0.4, 0.5) is 14.5 Å². The average molecular weight is 362 g/mol. The lowest BCUT2D eigenvalue weighted by Crippen LogP contribution is -2.34. The number of nitro groups is 1. The Kier molecular flexibility index (Phi) is 5.19. The lowest BCUT2D eigenvalue weighted by atomic mass is 9.94. The maximum Gasteiger partial charge on any atom is 0.269 e. The molecule has 0 radical (unpaired) electrons. The lowest BCUT2D eigenvalue weighted by Gasteiger charge is -2.18. The molecule has 2 aromatic carbocycles. The van der Waals surface area contributed by atoms with Gasteiger partial charge in [0.25, 0.3) is 5.69 Å². The Labute approximate surface area is 147 Å². The summed E-state index contributed by atoms with van der Waals surface area (Å²) in [5, 5.41) is 13.4. The SMILES string of the molecule is O=C(NCc1ccc(F)cc1F)C1CNNC1c1ccc([N+](=O)[O-])cc1. The van der Waals surface area contributed by atoms with Crippen LogP contribution in [0.1, 0.15) is 17.2 Å². The van der Waals surface area contributed by atoms with Gasteiger partial charge in [0.1, 0.15) is 11.6 Å². The molecule has 0 aliphatic carbocycles. The van der Waals surface area contributed by atoms with E-state index >= 15 is 0 Å². The van der Waals surface area contributed by atoms with E-state index in [1.54, 1.807) is 12.1 Å². The number of hydrogen-bond acceptors (Lipinski definition) is 5. The second kappa shape index (κ2) is 7.54. The van der Waals surface area contributed by atoms with Crippen molar-refractivity contribution < 1.29 is 18.5 Å². The van der Waals surface area contributed by atoms with Crippen LogP contribution >= 0.6 is 0 Å². The van der Waals surface area contributed by atoms with Gasteiger partial charge in [0.2, 0.25) is 5.91 Å². The molecule has 7 nitrogen and oxygen atoms in total. The van der Waals surface area contributed by atoms with Gasteiger partial charge in [-0.15, -0.1) is 0 Å². The first kappa shape index (κ1) is 17.9. The Morgan fingerprint density at radius 3 is 2.62 bits per heavy atom. The third-order valence-electron chi connectivity index (χ3n) is 4.25. The highest BCUT2D eigenvalue weighted by atomic mass is 19.1.